The fraction of sp³-hybridized carbons (Fsp3) is 0.429. The number of alkyl halides is 1. The van der Waals surface area contributed by atoms with E-state index in [1.807, 2.05) is 17.5 Å². The summed E-state index contributed by atoms with van der Waals surface area (Å²) in [6.07, 6.45) is -0.294. The van der Waals surface area contributed by atoms with Crippen molar-refractivity contribution < 1.29 is 9.40 Å². The lowest BCUT2D eigenvalue weighted by atomic mass is 10.2. The lowest BCUT2D eigenvalue weighted by molar-refractivity contribution is 0.135. The van der Waals surface area contributed by atoms with Gasteiger partial charge in [-0.3, -0.25) is 4.29 Å². The van der Waals surface area contributed by atoms with Crippen LogP contribution in [0.15, 0.2) is 17.5 Å². The predicted molar refractivity (Wildman–Crippen MR) is 50.5 cm³/mol. The molecule has 0 bridgehead atoms. The average molecular weight is 227 g/mol. The van der Waals surface area contributed by atoms with Gasteiger partial charge in [-0.1, -0.05) is 17.7 Å². The number of thiophene rings is 1. The highest BCUT2D eigenvalue weighted by atomic mass is 35.5. The van der Waals surface area contributed by atoms with E-state index in [1.54, 1.807) is 0 Å². The molecule has 1 unspecified atom stereocenters. The van der Waals surface area contributed by atoms with E-state index in [0.717, 1.165) is 4.88 Å². The van der Waals surface area contributed by atoms with Gasteiger partial charge < -0.3 is 5.11 Å². The Morgan fingerprint density at radius 2 is 2.42 bits per heavy atom. The highest BCUT2D eigenvalue weighted by Gasteiger charge is 2.14. The Kier molecular flexibility index (Phi) is 4.32. The van der Waals surface area contributed by atoms with Gasteiger partial charge >= 0.3 is 0 Å². The van der Waals surface area contributed by atoms with Gasteiger partial charge in [0.25, 0.3) is 0 Å². The largest absolute Gasteiger partial charge is 0.387 e. The third kappa shape index (κ3) is 2.92. The zero-order valence-corrected chi connectivity index (χ0v) is 8.44. The molecule has 0 aliphatic carbocycles. The summed E-state index contributed by atoms with van der Waals surface area (Å²) < 4.78 is 4.30. The van der Waals surface area contributed by atoms with Gasteiger partial charge in [0, 0.05) is 11.3 Å². The van der Waals surface area contributed by atoms with E-state index in [-0.39, 0.29) is 0 Å². The van der Waals surface area contributed by atoms with Crippen LogP contribution in [0.25, 0.3) is 0 Å². The van der Waals surface area contributed by atoms with Crippen LogP contribution in [0, 0.1) is 0 Å². The highest BCUT2D eigenvalue weighted by Crippen LogP contribution is 2.25. The average Bonchev–Trinajstić information content (AvgIpc) is 2.56. The predicted octanol–water partition coefficient (Wildman–Crippen LogP) is 2.91. The van der Waals surface area contributed by atoms with Crippen LogP contribution < -0.4 is 0 Å². The fourth-order valence-corrected chi connectivity index (χ4v) is 1.78. The van der Waals surface area contributed by atoms with Gasteiger partial charge in [0.15, 0.2) is 5.56 Å². The maximum atomic E-state index is 9.50. The molecule has 0 aromatic carbocycles. The summed E-state index contributed by atoms with van der Waals surface area (Å²) in [5.74, 6) is 0. The molecule has 68 valence electrons. The summed E-state index contributed by atoms with van der Waals surface area (Å²) >= 11 is 12.1. The molecule has 2 atom stereocenters. The standard InChI is InChI=1S/C7H8Cl2O2S/c8-7(11-9)4-5(10)6-2-1-3-12-6/h1-3,5,7,10H,4H2/t5-,7?/m0/s1. The Labute approximate surface area is 84.9 Å². The maximum Gasteiger partial charge on any atom is 0.155 e. The van der Waals surface area contributed by atoms with Crippen molar-refractivity contribution in [3.63, 3.8) is 0 Å². The number of hydrogen-bond acceptors (Lipinski definition) is 3. The van der Waals surface area contributed by atoms with Crippen LogP contribution >= 0.6 is 34.8 Å². The lowest BCUT2D eigenvalue weighted by Crippen LogP contribution is -2.05. The first-order valence-corrected chi connectivity index (χ1v) is 4.99. The van der Waals surface area contributed by atoms with E-state index in [9.17, 15) is 5.11 Å². The third-order valence-electron chi connectivity index (χ3n) is 1.38. The van der Waals surface area contributed by atoms with Gasteiger partial charge in [-0.25, -0.2) is 0 Å². The zero-order chi connectivity index (χ0) is 8.97. The molecule has 0 aliphatic rings. The molecule has 1 aromatic rings. The summed E-state index contributed by atoms with van der Waals surface area (Å²) in [5.41, 5.74) is -0.649. The molecule has 0 amide bonds. The number of hydrogen-bond donors (Lipinski definition) is 1. The van der Waals surface area contributed by atoms with E-state index in [0.29, 0.717) is 6.42 Å². The van der Waals surface area contributed by atoms with Crippen LogP contribution in [0.3, 0.4) is 0 Å². The second kappa shape index (κ2) is 5.04. The van der Waals surface area contributed by atoms with Gasteiger partial charge in [0.05, 0.1) is 18.0 Å². The molecule has 5 heteroatoms. The van der Waals surface area contributed by atoms with E-state index in [2.05, 4.69) is 4.29 Å². The zero-order valence-electron chi connectivity index (χ0n) is 6.11. The van der Waals surface area contributed by atoms with Crippen LogP contribution in [-0.4, -0.2) is 10.7 Å². The number of rotatable bonds is 4. The first-order valence-electron chi connectivity index (χ1n) is 3.37. The first kappa shape index (κ1) is 10.3. The van der Waals surface area contributed by atoms with Crippen LogP contribution in [0.2, 0.25) is 0 Å². The molecule has 12 heavy (non-hydrogen) atoms. The number of aliphatic hydroxyl groups excluding tert-OH is 1. The van der Waals surface area contributed by atoms with Crippen molar-refractivity contribution in [2.75, 3.05) is 0 Å². The Balaban J connectivity index is 2.44. The summed E-state index contributed by atoms with van der Waals surface area (Å²) in [5, 5.41) is 11.4. The maximum absolute atomic E-state index is 9.50. The van der Waals surface area contributed by atoms with E-state index < -0.39 is 11.7 Å². The lowest BCUT2D eigenvalue weighted by Gasteiger charge is -2.10. The van der Waals surface area contributed by atoms with Crippen molar-refractivity contribution in [2.45, 2.75) is 18.1 Å². The van der Waals surface area contributed by atoms with Crippen molar-refractivity contribution >= 4 is 34.8 Å². The Hall–Kier alpha value is 0.200. The van der Waals surface area contributed by atoms with Crippen LogP contribution in [-0.2, 0) is 4.29 Å². The van der Waals surface area contributed by atoms with Crippen molar-refractivity contribution in [3.8, 4) is 0 Å². The molecular weight excluding hydrogens is 219 g/mol. The second-order valence-corrected chi connectivity index (χ2v) is 3.91. The molecule has 0 aliphatic heterocycles. The summed E-state index contributed by atoms with van der Waals surface area (Å²) in [7, 11) is 0. The topological polar surface area (TPSA) is 29.5 Å². The molecule has 0 spiro atoms. The van der Waals surface area contributed by atoms with Gasteiger partial charge in [-0.15, -0.1) is 11.3 Å². The summed E-state index contributed by atoms with van der Waals surface area (Å²) in [6, 6.07) is 3.71. The molecule has 1 aromatic heterocycles. The summed E-state index contributed by atoms with van der Waals surface area (Å²) in [4.78, 5) is 0.870. The van der Waals surface area contributed by atoms with Gasteiger partial charge in [-0.2, -0.15) is 0 Å². The van der Waals surface area contributed by atoms with Crippen LogP contribution in [0.5, 0.6) is 0 Å². The normalized spacial score (nSPS) is 15.9. The smallest absolute Gasteiger partial charge is 0.155 e. The summed E-state index contributed by atoms with van der Waals surface area (Å²) in [6.45, 7) is 0. The van der Waals surface area contributed by atoms with E-state index in [1.165, 1.54) is 11.3 Å². The quantitative estimate of drug-likeness (QED) is 0.801. The molecule has 2 nitrogen and oxygen atoms in total. The molecule has 0 fully saturated rings. The molecule has 1 N–H and O–H groups in total. The third-order valence-corrected chi connectivity index (χ3v) is 2.92. The van der Waals surface area contributed by atoms with Crippen molar-refractivity contribution in [1.29, 1.82) is 0 Å². The molecular formula is C7H8Cl2O2S. The van der Waals surface area contributed by atoms with Crippen molar-refractivity contribution in [2.24, 2.45) is 0 Å². The first-order chi connectivity index (χ1) is 5.74. The number of aliphatic hydroxyl groups is 1. The van der Waals surface area contributed by atoms with Crippen LogP contribution in [0.4, 0.5) is 0 Å². The van der Waals surface area contributed by atoms with Crippen LogP contribution in [0.1, 0.15) is 17.4 Å². The van der Waals surface area contributed by atoms with Crippen molar-refractivity contribution in [3.05, 3.63) is 22.4 Å². The minimum atomic E-state index is -0.649. The Morgan fingerprint density at radius 1 is 1.67 bits per heavy atom. The fourth-order valence-electron chi connectivity index (χ4n) is 0.809. The van der Waals surface area contributed by atoms with E-state index in [4.69, 9.17) is 23.5 Å². The highest BCUT2D eigenvalue weighted by molar-refractivity contribution is 7.10. The van der Waals surface area contributed by atoms with E-state index >= 15 is 0 Å². The molecule has 1 heterocycles. The number of halogens is 2. The van der Waals surface area contributed by atoms with Crippen molar-refractivity contribution in [1.82, 2.24) is 0 Å². The minimum Gasteiger partial charge on any atom is -0.387 e. The van der Waals surface area contributed by atoms with Gasteiger partial charge in [0.1, 0.15) is 0 Å². The molecule has 0 saturated heterocycles. The van der Waals surface area contributed by atoms with Gasteiger partial charge in [-0.05, 0) is 11.4 Å². The Bertz CT molecular complexity index is 215. The molecule has 1 rings (SSSR count). The monoisotopic (exact) mass is 226 g/mol. The SMILES string of the molecule is O[C@@H](CC(Cl)OCl)c1cccs1. The second-order valence-electron chi connectivity index (χ2n) is 2.27. The molecule has 0 saturated carbocycles. The minimum absolute atomic E-state index is 0.297. The molecule has 0 radical (unpaired) electrons. The van der Waals surface area contributed by atoms with Gasteiger partial charge in [0.2, 0.25) is 0 Å². The Morgan fingerprint density at radius 3 is 2.92 bits per heavy atom.